The number of anilines is 1. The number of aromatic nitrogens is 1. The summed E-state index contributed by atoms with van der Waals surface area (Å²) < 4.78 is 54.0. The smallest absolute Gasteiger partial charge is 0.243 e. The summed E-state index contributed by atoms with van der Waals surface area (Å²) in [5.41, 5.74) is 1.33. The fraction of sp³-hybridized carbons (Fsp3) is 0.304. The van der Waals surface area contributed by atoms with Crippen LogP contribution < -0.4 is 5.32 Å². The van der Waals surface area contributed by atoms with Gasteiger partial charge in [-0.1, -0.05) is 23.8 Å². The third-order valence-corrected chi connectivity index (χ3v) is 8.47. The highest BCUT2D eigenvalue weighted by molar-refractivity contribution is 7.89. The Bertz CT molecular complexity index is 1250. The first kappa shape index (κ1) is 23.5. The number of halogens is 2. The molecule has 2 heterocycles. The average Bonchev–Trinajstić information content (AvgIpc) is 3.23. The molecule has 0 saturated carbocycles. The van der Waals surface area contributed by atoms with Gasteiger partial charge in [-0.15, -0.1) is 11.3 Å². The Morgan fingerprint density at radius 2 is 1.85 bits per heavy atom. The van der Waals surface area contributed by atoms with E-state index in [4.69, 9.17) is 0 Å². The number of carbonyl (C=O) groups excluding carboxylic acids is 1. The van der Waals surface area contributed by atoms with Crippen LogP contribution in [-0.4, -0.2) is 36.7 Å². The Balaban J connectivity index is 1.33. The van der Waals surface area contributed by atoms with Gasteiger partial charge in [0.05, 0.1) is 4.90 Å². The maximum atomic E-state index is 13.9. The molecule has 0 atom stereocenters. The summed E-state index contributed by atoms with van der Waals surface area (Å²) in [5, 5.41) is 3.18. The molecule has 0 unspecified atom stereocenters. The van der Waals surface area contributed by atoms with Crippen LogP contribution in [-0.2, 0) is 21.2 Å². The van der Waals surface area contributed by atoms with Gasteiger partial charge < -0.3 is 5.32 Å². The fourth-order valence-corrected chi connectivity index (χ4v) is 6.03. The van der Waals surface area contributed by atoms with Crippen molar-refractivity contribution in [1.29, 1.82) is 0 Å². The van der Waals surface area contributed by atoms with Crippen molar-refractivity contribution in [3.63, 3.8) is 0 Å². The van der Waals surface area contributed by atoms with Gasteiger partial charge >= 0.3 is 0 Å². The van der Waals surface area contributed by atoms with Gasteiger partial charge in [-0.05, 0) is 43.5 Å². The number of piperidine rings is 1. The van der Waals surface area contributed by atoms with Crippen LogP contribution in [0.2, 0.25) is 0 Å². The molecule has 4 rings (SSSR count). The van der Waals surface area contributed by atoms with Crippen molar-refractivity contribution in [1.82, 2.24) is 9.29 Å². The fourth-order valence-electron chi connectivity index (χ4n) is 3.72. The summed E-state index contributed by atoms with van der Waals surface area (Å²) in [4.78, 5) is 17.8. The van der Waals surface area contributed by atoms with Gasteiger partial charge in [-0.3, -0.25) is 4.79 Å². The Kier molecular flexibility index (Phi) is 6.87. The van der Waals surface area contributed by atoms with Crippen LogP contribution in [0.4, 0.5) is 13.9 Å². The lowest BCUT2D eigenvalue weighted by molar-refractivity contribution is -0.120. The van der Waals surface area contributed by atoms with Crippen molar-refractivity contribution in [2.24, 2.45) is 5.92 Å². The van der Waals surface area contributed by atoms with Crippen LogP contribution in [0, 0.1) is 24.5 Å². The molecule has 10 heteroatoms. The molecule has 3 aromatic rings. The zero-order valence-electron chi connectivity index (χ0n) is 17.9. The number of nitrogens with one attached hydrogen (secondary N) is 1. The SMILES string of the molecule is Cc1ccc(S(=O)(=O)N2CCC(C(=O)Nc3ncc(Cc4ccc(F)cc4F)s3)CC2)cc1. The van der Waals surface area contributed by atoms with Gasteiger partial charge in [0, 0.05) is 42.6 Å². The van der Waals surface area contributed by atoms with Gasteiger partial charge in [0.2, 0.25) is 15.9 Å². The summed E-state index contributed by atoms with van der Waals surface area (Å²) in [6.07, 6.45) is 2.63. The lowest BCUT2D eigenvalue weighted by atomic mass is 9.97. The lowest BCUT2D eigenvalue weighted by Gasteiger charge is -2.30. The summed E-state index contributed by atoms with van der Waals surface area (Å²) in [6.45, 7) is 2.43. The van der Waals surface area contributed by atoms with Crippen molar-refractivity contribution in [3.05, 3.63) is 76.3 Å². The van der Waals surface area contributed by atoms with Crippen molar-refractivity contribution in [2.45, 2.75) is 31.1 Å². The van der Waals surface area contributed by atoms with Gasteiger partial charge in [0.15, 0.2) is 5.13 Å². The highest BCUT2D eigenvalue weighted by Crippen LogP contribution is 2.27. The van der Waals surface area contributed by atoms with Crippen molar-refractivity contribution in [2.75, 3.05) is 18.4 Å². The molecule has 1 aliphatic heterocycles. The van der Waals surface area contributed by atoms with E-state index in [1.807, 2.05) is 6.92 Å². The molecule has 1 fully saturated rings. The molecular formula is C23H23F2N3O3S2. The number of rotatable bonds is 6. The van der Waals surface area contributed by atoms with Crippen LogP contribution in [0.1, 0.15) is 28.8 Å². The van der Waals surface area contributed by atoms with E-state index in [2.05, 4.69) is 10.3 Å². The number of hydrogen-bond acceptors (Lipinski definition) is 5. The highest BCUT2D eigenvalue weighted by atomic mass is 32.2. The molecule has 0 bridgehead atoms. The van der Waals surface area contributed by atoms with E-state index in [1.165, 1.54) is 27.8 Å². The third-order valence-electron chi connectivity index (χ3n) is 5.65. The summed E-state index contributed by atoms with van der Waals surface area (Å²) >= 11 is 1.23. The number of amides is 1. The second-order valence-electron chi connectivity index (χ2n) is 8.02. The first-order valence-corrected chi connectivity index (χ1v) is 12.7. The first-order valence-electron chi connectivity index (χ1n) is 10.5. The zero-order chi connectivity index (χ0) is 23.6. The summed E-state index contributed by atoms with van der Waals surface area (Å²) in [7, 11) is -3.58. The number of benzene rings is 2. The van der Waals surface area contributed by atoms with Gasteiger partial charge in [-0.2, -0.15) is 4.31 Å². The Labute approximate surface area is 195 Å². The maximum absolute atomic E-state index is 13.9. The summed E-state index contributed by atoms with van der Waals surface area (Å²) in [6, 6.07) is 10.2. The number of carbonyl (C=O) groups is 1. The molecule has 1 aliphatic rings. The van der Waals surface area contributed by atoms with Crippen LogP contribution in [0.3, 0.4) is 0 Å². The monoisotopic (exact) mass is 491 g/mol. The largest absolute Gasteiger partial charge is 0.302 e. The Morgan fingerprint density at radius 3 is 2.52 bits per heavy atom. The predicted molar refractivity (Wildman–Crippen MR) is 123 cm³/mol. The van der Waals surface area contributed by atoms with Crippen molar-refractivity contribution >= 4 is 32.4 Å². The van der Waals surface area contributed by atoms with Crippen LogP contribution >= 0.6 is 11.3 Å². The number of aryl methyl sites for hydroxylation is 1. The normalized spacial score (nSPS) is 15.5. The minimum atomic E-state index is -3.58. The highest BCUT2D eigenvalue weighted by Gasteiger charge is 2.32. The standard InChI is InChI=1S/C23H23F2N3O3S2/c1-15-2-6-20(7-3-15)33(30,31)28-10-8-16(9-11-28)22(29)27-23-26-14-19(32-23)12-17-4-5-18(24)13-21(17)25/h2-7,13-14,16H,8-12H2,1H3,(H,26,27,29). The zero-order valence-corrected chi connectivity index (χ0v) is 19.6. The molecule has 1 aromatic heterocycles. The molecule has 1 amide bonds. The van der Waals surface area contributed by atoms with E-state index in [0.717, 1.165) is 16.5 Å². The molecule has 0 spiro atoms. The molecule has 1 N–H and O–H groups in total. The molecule has 33 heavy (non-hydrogen) atoms. The van der Waals surface area contributed by atoms with Crippen LogP contribution in [0.5, 0.6) is 0 Å². The third kappa shape index (κ3) is 5.45. The quantitative estimate of drug-likeness (QED) is 0.556. The van der Waals surface area contributed by atoms with Crippen LogP contribution in [0.15, 0.2) is 53.6 Å². The molecule has 0 radical (unpaired) electrons. The van der Waals surface area contributed by atoms with Gasteiger partial charge in [0.1, 0.15) is 11.6 Å². The number of sulfonamides is 1. The molecule has 1 saturated heterocycles. The molecule has 0 aliphatic carbocycles. The number of thiazole rings is 1. The molecular weight excluding hydrogens is 468 g/mol. The van der Waals surface area contributed by atoms with Crippen molar-refractivity contribution in [3.8, 4) is 0 Å². The number of nitrogens with zero attached hydrogens (tertiary/aromatic N) is 2. The molecule has 6 nitrogen and oxygen atoms in total. The topological polar surface area (TPSA) is 79.4 Å². The van der Waals surface area contributed by atoms with Crippen molar-refractivity contribution < 1.29 is 22.0 Å². The van der Waals surface area contributed by atoms with E-state index in [9.17, 15) is 22.0 Å². The number of hydrogen-bond donors (Lipinski definition) is 1. The average molecular weight is 492 g/mol. The van der Waals surface area contributed by atoms with Crippen LogP contribution in [0.25, 0.3) is 0 Å². The minimum Gasteiger partial charge on any atom is -0.302 e. The van der Waals surface area contributed by atoms with E-state index in [-0.39, 0.29) is 36.2 Å². The predicted octanol–water partition coefficient (Wildman–Crippen LogP) is 4.36. The van der Waals surface area contributed by atoms with E-state index in [0.29, 0.717) is 23.5 Å². The van der Waals surface area contributed by atoms with E-state index < -0.39 is 21.7 Å². The first-order chi connectivity index (χ1) is 15.7. The Hall–Kier alpha value is -2.69. The molecule has 2 aromatic carbocycles. The lowest BCUT2D eigenvalue weighted by Crippen LogP contribution is -2.41. The second kappa shape index (κ2) is 9.66. The van der Waals surface area contributed by atoms with E-state index >= 15 is 0 Å². The molecule has 174 valence electrons. The van der Waals surface area contributed by atoms with Gasteiger partial charge in [-0.25, -0.2) is 22.2 Å². The van der Waals surface area contributed by atoms with Gasteiger partial charge in [0.25, 0.3) is 0 Å². The second-order valence-corrected chi connectivity index (χ2v) is 11.1. The minimum absolute atomic E-state index is 0.212. The summed E-state index contributed by atoms with van der Waals surface area (Å²) in [5.74, 6) is -1.79. The Morgan fingerprint density at radius 1 is 1.15 bits per heavy atom. The maximum Gasteiger partial charge on any atom is 0.243 e. The van der Waals surface area contributed by atoms with E-state index in [1.54, 1.807) is 30.5 Å².